The summed E-state index contributed by atoms with van der Waals surface area (Å²) in [6.45, 7) is 0. The SMILES string of the molecule is O=C(Nc1cc(F)c(F)cc1F)c1c(O)cccc1F. The number of anilines is 1. The first kappa shape index (κ1) is 13.9. The summed E-state index contributed by atoms with van der Waals surface area (Å²) in [7, 11) is 0. The third-order valence-corrected chi connectivity index (χ3v) is 2.48. The zero-order chi connectivity index (χ0) is 14.9. The van der Waals surface area contributed by atoms with Crippen LogP contribution in [0.4, 0.5) is 23.2 Å². The van der Waals surface area contributed by atoms with Crippen LogP contribution in [0.5, 0.6) is 5.75 Å². The van der Waals surface area contributed by atoms with Crippen LogP contribution in [0.2, 0.25) is 0 Å². The highest BCUT2D eigenvalue weighted by Gasteiger charge is 2.19. The van der Waals surface area contributed by atoms with Gasteiger partial charge in [0.15, 0.2) is 11.6 Å². The van der Waals surface area contributed by atoms with E-state index in [2.05, 4.69) is 0 Å². The Morgan fingerprint density at radius 2 is 1.60 bits per heavy atom. The Morgan fingerprint density at radius 1 is 0.950 bits per heavy atom. The van der Waals surface area contributed by atoms with Crippen LogP contribution in [0.1, 0.15) is 10.4 Å². The second kappa shape index (κ2) is 5.20. The number of benzene rings is 2. The number of carbonyl (C=O) groups excluding carboxylic acids is 1. The molecule has 0 aromatic heterocycles. The number of carbonyl (C=O) groups is 1. The molecule has 0 unspecified atom stereocenters. The highest BCUT2D eigenvalue weighted by molar-refractivity contribution is 6.06. The molecule has 2 aromatic carbocycles. The number of nitrogens with one attached hydrogen (secondary N) is 1. The lowest BCUT2D eigenvalue weighted by Crippen LogP contribution is -2.15. The van der Waals surface area contributed by atoms with Crippen LogP contribution in [-0.4, -0.2) is 11.0 Å². The van der Waals surface area contributed by atoms with Crippen molar-refractivity contribution in [2.75, 3.05) is 5.32 Å². The standard InChI is InChI=1S/C13H7F4NO2/c14-6-2-1-3-11(19)12(6)13(20)18-10-5-8(16)7(15)4-9(10)17/h1-5,19H,(H,18,20). The summed E-state index contributed by atoms with van der Waals surface area (Å²) in [5.74, 6) is -6.91. The molecule has 3 nitrogen and oxygen atoms in total. The molecule has 0 heterocycles. The summed E-state index contributed by atoms with van der Waals surface area (Å²) >= 11 is 0. The quantitative estimate of drug-likeness (QED) is 0.657. The van der Waals surface area contributed by atoms with Crippen LogP contribution in [0.15, 0.2) is 30.3 Å². The number of hydrogen-bond acceptors (Lipinski definition) is 2. The summed E-state index contributed by atoms with van der Waals surface area (Å²) in [4.78, 5) is 11.7. The van der Waals surface area contributed by atoms with Crippen LogP contribution in [0.3, 0.4) is 0 Å². The number of phenols is 1. The summed E-state index contributed by atoms with van der Waals surface area (Å²) < 4.78 is 52.4. The van der Waals surface area contributed by atoms with Crippen molar-refractivity contribution in [3.05, 3.63) is 59.2 Å². The van der Waals surface area contributed by atoms with E-state index in [0.29, 0.717) is 6.07 Å². The van der Waals surface area contributed by atoms with Gasteiger partial charge in [-0.05, 0) is 12.1 Å². The van der Waals surface area contributed by atoms with Crippen molar-refractivity contribution in [2.24, 2.45) is 0 Å². The van der Waals surface area contributed by atoms with E-state index in [1.807, 2.05) is 5.32 Å². The molecule has 0 aliphatic rings. The molecule has 0 radical (unpaired) electrons. The number of hydrogen-bond donors (Lipinski definition) is 2. The van der Waals surface area contributed by atoms with Gasteiger partial charge in [-0.2, -0.15) is 0 Å². The van der Waals surface area contributed by atoms with E-state index in [1.165, 1.54) is 6.07 Å². The molecule has 0 aliphatic carbocycles. The summed E-state index contributed by atoms with van der Waals surface area (Å²) in [6.07, 6.45) is 0. The summed E-state index contributed by atoms with van der Waals surface area (Å²) in [5, 5.41) is 11.2. The van der Waals surface area contributed by atoms with Crippen molar-refractivity contribution < 1.29 is 27.5 Å². The normalized spacial score (nSPS) is 10.4. The lowest BCUT2D eigenvalue weighted by Gasteiger charge is -2.09. The van der Waals surface area contributed by atoms with Crippen LogP contribution in [0.25, 0.3) is 0 Å². The van der Waals surface area contributed by atoms with Gasteiger partial charge >= 0.3 is 0 Å². The predicted molar refractivity (Wildman–Crippen MR) is 62.3 cm³/mol. The maximum Gasteiger partial charge on any atom is 0.262 e. The molecule has 0 saturated heterocycles. The number of phenolic OH excluding ortho intramolecular Hbond substituents is 1. The highest BCUT2D eigenvalue weighted by atomic mass is 19.2. The third-order valence-electron chi connectivity index (χ3n) is 2.48. The highest BCUT2D eigenvalue weighted by Crippen LogP contribution is 2.23. The molecule has 0 aliphatic heterocycles. The first-order valence-corrected chi connectivity index (χ1v) is 5.33. The molecular formula is C13H7F4NO2. The van der Waals surface area contributed by atoms with Crippen molar-refractivity contribution in [3.8, 4) is 5.75 Å². The van der Waals surface area contributed by atoms with Crippen molar-refractivity contribution in [3.63, 3.8) is 0 Å². The first-order valence-electron chi connectivity index (χ1n) is 5.33. The molecule has 2 N–H and O–H groups in total. The number of rotatable bonds is 2. The minimum absolute atomic E-state index is 0.242. The van der Waals surface area contributed by atoms with Gasteiger partial charge in [0.2, 0.25) is 0 Å². The minimum atomic E-state index is -1.42. The maximum atomic E-state index is 13.4. The van der Waals surface area contributed by atoms with Gasteiger partial charge in [-0.1, -0.05) is 6.07 Å². The van der Waals surface area contributed by atoms with E-state index < -0.39 is 46.2 Å². The molecule has 104 valence electrons. The van der Waals surface area contributed by atoms with Gasteiger partial charge in [0, 0.05) is 12.1 Å². The fourth-order valence-corrected chi connectivity index (χ4v) is 1.54. The monoisotopic (exact) mass is 285 g/mol. The molecule has 0 spiro atoms. The smallest absolute Gasteiger partial charge is 0.262 e. The van der Waals surface area contributed by atoms with Gasteiger partial charge in [0.05, 0.1) is 5.69 Å². The van der Waals surface area contributed by atoms with E-state index in [9.17, 15) is 27.5 Å². The Labute approximate surface area is 110 Å². The Hall–Kier alpha value is -2.57. The van der Waals surface area contributed by atoms with E-state index in [4.69, 9.17) is 0 Å². The van der Waals surface area contributed by atoms with E-state index in [0.717, 1.165) is 12.1 Å². The van der Waals surface area contributed by atoms with Crippen molar-refractivity contribution in [2.45, 2.75) is 0 Å². The molecule has 0 atom stereocenters. The molecule has 2 rings (SSSR count). The Balaban J connectivity index is 2.35. The molecule has 20 heavy (non-hydrogen) atoms. The summed E-state index contributed by atoms with van der Waals surface area (Å²) in [5.41, 5.74) is -1.40. The predicted octanol–water partition coefficient (Wildman–Crippen LogP) is 3.20. The van der Waals surface area contributed by atoms with Gasteiger partial charge in [-0.15, -0.1) is 0 Å². The molecule has 0 fully saturated rings. The van der Waals surface area contributed by atoms with Crippen LogP contribution >= 0.6 is 0 Å². The number of aromatic hydroxyl groups is 1. The number of amides is 1. The fourth-order valence-electron chi connectivity index (χ4n) is 1.54. The zero-order valence-corrected chi connectivity index (χ0v) is 9.75. The van der Waals surface area contributed by atoms with Crippen LogP contribution < -0.4 is 5.32 Å². The Bertz CT molecular complexity index is 668. The zero-order valence-electron chi connectivity index (χ0n) is 9.75. The van der Waals surface area contributed by atoms with Gasteiger partial charge in [-0.25, -0.2) is 17.6 Å². The van der Waals surface area contributed by atoms with E-state index in [-0.39, 0.29) is 6.07 Å². The van der Waals surface area contributed by atoms with Gasteiger partial charge in [-0.3, -0.25) is 4.79 Å². The molecule has 0 bridgehead atoms. The molecule has 7 heteroatoms. The van der Waals surface area contributed by atoms with Crippen LogP contribution in [-0.2, 0) is 0 Å². The first-order chi connectivity index (χ1) is 9.40. The lowest BCUT2D eigenvalue weighted by molar-refractivity contribution is 0.102. The van der Waals surface area contributed by atoms with Gasteiger partial charge in [0.25, 0.3) is 5.91 Å². The maximum absolute atomic E-state index is 13.4. The third kappa shape index (κ3) is 2.56. The molecule has 2 aromatic rings. The Morgan fingerprint density at radius 3 is 2.25 bits per heavy atom. The number of halogens is 4. The average Bonchev–Trinajstić information content (AvgIpc) is 2.35. The van der Waals surface area contributed by atoms with Crippen LogP contribution in [0, 0.1) is 23.3 Å². The summed E-state index contributed by atoms with van der Waals surface area (Å²) in [6, 6.07) is 3.79. The lowest BCUT2D eigenvalue weighted by atomic mass is 10.1. The molecule has 1 amide bonds. The topological polar surface area (TPSA) is 49.3 Å². The molecule has 0 saturated carbocycles. The van der Waals surface area contributed by atoms with E-state index >= 15 is 0 Å². The largest absolute Gasteiger partial charge is 0.507 e. The van der Waals surface area contributed by atoms with Gasteiger partial charge < -0.3 is 10.4 Å². The second-order valence-electron chi connectivity index (χ2n) is 3.83. The van der Waals surface area contributed by atoms with E-state index in [1.54, 1.807) is 0 Å². The molecular weight excluding hydrogens is 278 g/mol. The van der Waals surface area contributed by atoms with Gasteiger partial charge in [0.1, 0.15) is 22.9 Å². The average molecular weight is 285 g/mol. The van der Waals surface area contributed by atoms with Crippen molar-refractivity contribution in [1.29, 1.82) is 0 Å². The minimum Gasteiger partial charge on any atom is -0.507 e. The second-order valence-corrected chi connectivity index (χ2v) is 3.83. The fraction of sp³-hybridized carbons (Fsp3) is 0. The Kier molecular flexibility index (Phi) is 3.60. The van der Waals surface area contributed by atoms with Crippen molar-refractivity contribution in [1.82, 2.24) is 0 Å². The van der Waals surface area contributed by atoms with Crippen molar-refractivity contribution >= 4 is 11.6 Å².